The Kier molecular flexibility index (Phi) is 4.04. The lowest BCUT2D eigenvalue weighted by molar-refractivity contribution is 0.0464. The van der Waals surface area contributed by atoms with E-state index in [1.165, 1.54) is 17.6 Å². The number of aromatic nitrogens is 5. The van der Waals surface area contributed by atoms with Crippen molar-refractivity contribution in [1.29, 1.82) is 0 Å². The number of hydrogen-bond donors (Lipinski definition) is 0. The van der Waals surface area contributed by atoms with Gasteiger partial charge in [-0.2, -0.15) is 14.7 Å². The van der Waals surface area contributed by atoms with Gasteiger partial charge in [0.1, 0.15) is 6.61 Å². The van der Waals surface area contributed by atoms with Gasteiger partial charge < -0.3 is 4.74 Å². The standard InChI is InChI=1S/C17H13N5O4S/c1-9-7-13(23)22-17(18-9)27-12(19-22)8-26-16(25)14-10-5-3-4-6-11(10)15(24)21(2)20-14/h3-7H,8H2,1-2H3. The number of fused-ring (bicyclic) bond motifs is 2. The molecule has 0 N–H and O–H groups in total. The number of hydrogen-bond acceptors (Lipinski definition) is 8. The fourth-order valence-electron chi connectivity index (χ4n) is 2.66. The van der Waals surface area contributed by atoms with E-state index >= 15 is 0 Å². The highest BCUT2D eigenvalue weighted by Crippen LogP contribution is 2.16. The molecule has 0 bridgehead atoms. The van der Waals surface area contributed by atoms with Gasteiger partial charge in [-0.1, -0.05) is 29.5 Å². The fourth-order valence-corrected chi connectivity index (χ4v) is 3.52. The highest BCUT2D eigenvalue weighted by atomic mass is 32.1. The Morgan fingerprint density at radius 3 is 2.70 bits per heavy atom. The van der Waals surface area contributed by atoms with Crippen molar-refractivity contribution < 1.29 is 9.53 Å². The number of rotatable bonds is 3. The average molecular weight is 383 g/mol. The minimum atomic E-state index is -0.683. The van der Waals surface area contributed by atoms with Crippen LogP contribution in [0.15, 0.2) is 39.9 Å². The molecule has 0 saturated heterocycles. The Morgan fingerprint density at radius 1 is 1.19 bits per heavy atom. The topological polar surface area (TPSA) is 108 Å². The summed E-state index contributed by atoms with van der Waals surface area (Å²) in [7, 11) is 1.47. The van der Waals surface area contributed by atoms with Crippen molar-refractivity contribution in [3.63, 3.8) is 0 Å². The molecule has 136 valence electrons. The van der Waals surface area contributed by atoms with Crippen molar-refractivity contribution >= 4 is 33.0 Å². The summed E-state index contributed by atoms with van der Waals surface area (Å²) >= 11 is 1.16. The first-order chi connectivity index (χ1) is 12.9. The molecule has 3 aromatic heterocycles. The van der Waals surface area contributed by atoms with E-state index in [9.17, 15) is 14.4 Å². The van der Waals surface area contributed by atoms with Gasteiger partial charge in [0.05, 0.1) is 5.39 Å². The zero-order valence-electron chi connectivity index (χ0n) is 14.4. The fraction of sp³-hybridized carbons (Fsp3) is 0.176. The van der Waals surface area contributed by atoms with Gasteiger partial charge in [-0.15, -0.1) is 0 Å². The molecule has 1 aromatic carbocycles. The average Bonchev–Trinajstić information content (AvgIpc) is 3.06. The van der Waals surface area contributed by atoms with Gasteiger partial charge in [0.25, 0.3) is 11.1 Å². The normalized spacial score (nSPS) is 11.2. The van der Waals surface area contributed by atoms with E-state index in [0.29, 0.717) is 26.4 Å². The lowest BCUT2D eigenvalue weighted by Gasteiger charge is -2.07. The second kappa shape index (κ2) is 6.40. The molecule has 0 spiro atoms. The van der Waals surface area contributed by atoms with E-state index in [4.69, 9.17) is 4.74 Å². The molecule has 0 aliphatic heterocycles. The third-order valence-electron chi connectivity index (χ3n) is 3.89. The van der Waals surface area contributed by atoms with Gasteiger partial charge in [0, 0.05) is 24.2 Å². The van der Waals surface area contributed by atoms with Gasteiger partial charge in [0.2, 0.25) is 4.96 Å². The number of esters is 1. The van der Waals surface area contributed by atoms with Crippen LogP contribution < -0.4 is 11.1 Å². The van der Waals surface area contributed by atoms with Crippen LogP contribution in [-0.4, -0.2) is 30.3 Å². The second-order valence-corrected chi connectivity index (χ2v) is 6.87. The zero-order valence-corrected chi connectivity index (χ0v) is 15.2. The van der Waals surface area contributed by atoms with Crippen LogP contribution in [0.25, 0.3) is 15.7 Å². The molecular weight excluding hydrogens is 370 g/mol. The zero-order chi connectivity index (χ0) is 19.1. The Bertz CT molecular complexity index is 1320. The summed E-state index contributed by atoms with van der Waals surface area (Å²) in [4.78, 5) is 41.2. The van der Waals surface area contributed by atoms with Crippen LogP contribution in [-0.2, 0) is 18.4 Å². The molecule has 0 atom stereocenters. The van der Waals surface area contributed by atoms with Crippen molar-refractivity contribution in [2.75, 3.05) is 0 Å². The molecule has 3 heterocycles. The second-order valence-electron chi connectivity index (χ2n) is 5.83. The predicted octanol–water partition coefficient (Wildman–Crippen LogP) is 1.06. The van der Waals surface area contributed by atoms with Crippen LogP contribution >= 0.6 is 11.3 Å². The van der Waals surface area contributed by atoms with Crippen LogP contribution in [0.3, 0.4) is 0 Å². The van der Waals surface area contributed by atoms with Crippen LogP contribution in [0.5, 0.6) is 0 Å². The minimum Gasteiger partial charge on any atom is -0.453 e. The molecule has 4 rings (SSSR count). The largest absolute Gasteiger partial charge is 0.453 e. The monoisotopic (exact) mass is 383 g/mol. The van der Waals surface area contributed by atoms with E-state index < -0.39 is 5.97 Å². The lowest BCUT2D eigenvalue weighted by Crippen LogP contribution is -2.23. The molecule has 0 aliphatic rings. The first-order valence-electron chi connectivity index (χ1n) is 7.93. The number of carbonyl (C=O) groups excluding carboxylic acids is 1. The summed E-state index contributed by atoms with van der Waals surface area (Å²) in [6, 6.07) is 8.08. The molecule has 0 aliphatic carbocycles. The molecule has 27 heavy (non-hydrogen) atoms. The molecule has 0 saturated carbocycles. The molecule has 0 unspecified atom stereocenters. The summed E-state index contributed by atoms with van der Waals surface area (Å²) in [6.45, 7) is 1.58. The number of ether oxygens (including phenoxy) is 1. The highest BCUT2D eigenvalue weighted by molar-refractivity contribution is 7.16. The summed E-state index contributed by atoms with van der Waals surface area (Å²) < 4.78 is 7.57. The number of nitrogens with zero attached hydrogens (tertiary/aromatic N) is 5. The van der Waals surface area contributed by atoms with Crippen molar-refractivity contribution in [3.8, 4) is 0 Å². The Hall–Kier alpha value is -3.40. The maximum Gasteiger partial charge on any atom is 0.359 e. The Labute approximate surface area is 155 Å². The maximum absolute atomic E-state index is 12.5. The van der Waals surface area contributed by atoms with Gasteiger partial charge in [-0.05, 0) is 13.0 Å². The van der Waals surface area contributed by atoms with E-state index in [0.717, 1.165) is 16.0 Å². The molecule has 4 aromatic rings. The Balaban J connectivity index is 1.65. The van der Waals surface area contributed by atoms with Crippen molar-refractivity contribution in [2.45, 2.75) is 13.5 Å². The van der Waals surface area contributed by atoms with Crippen molar-refractivity contribution in [1.82, 2.24) is 24.4 Å². The third kappa shape index (κ3) is 2.99. The summed E-state index contributed by atoms with van der Waals surface area (Å²) in [5.41, 5.74) is 0.0409. The first kappa shape index (κ1) is 17.0. The SMILES string of the molecule is Cc1cc(=O)n2nc(COC(=O)c3nn(C)c(=O)c4ccccc34)sc2n1. The predicted molar refractivity (Wildman–Crippen MR) is 98.0 cm³/mol. The van der Waals surface area contributed by atoms with Gasteiger partial charge >= 0.3 is 5.97 Å². The van der Waals surface area contributed by atoms with E-state index in [2.05, 4.69) is 15.2 Å². The van der Waals surface area contributed by atoms with Crippen LogP contribution in [0.1, 0.15) is 21.2 Å². The highest BCUT2D eigenvalue weighted by Gasteiger charge is 2.18. The minimum absolute atomic E-state index is 0.0416. The molecule has 0 amide bonds. The van der Waals surface area contributed by atoms with Crippen molar-refractivity contribution in [3.05, 3.63) is 67.4 Å². The van der Waals surface area contributed by atoms with E-state index in [1.807, 2.05) is 0 Å². The molecule has 9 nitrogen and oxygen atoms in total. The van der Waals surface area contributed by atoms with Gasteiger partial charge in [-0.25, -0.2) is 14.5 Å². The quantitative estimate of drug-likeness (QED) is 0.487. The molecule has 0 radical (unpaired) electrons. The van der Waals surface area contributed by atoms with Crippen LogP contribution in [0, 0.1) is 6.92 Å². The summed E-state index contributed by atoms with van der Waals surface area (Å²) in [5, 5.41) is 9.37. The van der Waals surface area contributed by atoms with Gasteiger partial charge in [-0.3, -0.25) is 9.59 Å². The van der Waals surface area contributed by atoms with E-state index in [-0.39, 0.29) is 23.4 Å². The maximum atomic E-state index is 12.5. The van der Waals surface area contributed by atoms with Crippen molar-refractivity contribution in [2.24, 2.45) is 7.05 Å². The first-order valence-corrected chi connectivity index (χ1v) is 8.75. The third-order valence-corrected chi connectivity index (χ3v) is 4.77. The lowest BCUT2D eigenvalue weighted by atomic mass is 10.1. The Morgan fingerprint density at radius 2 is 1.93 bits per heavy atom. The van der Waals surface area contributed by atoms with Gasteiger partial charge in [0.15, 0.2) is 10.7 Å². The number of aryl methyl sites for hydroxylation is 2. The van der Waals surface area contributed by atoms with Crippen LogP contribution in [0.2, 0.25) is 0 Å². The smallest absolute Gasteiger partial charge is 0.359 e. The summed E-state index contributed by atoms with van der Waals surface area (Å²) in [6.07, 6.45) is 0. The number of carbonyl (C=O) groups is 1. The summed E-state index contributed by atoms with van der Waals surface area (Å²) in [5.74, 6) is -0.683. The molecular formula is C17H13N5O4S. The van der Waals surface area contributed by atoms with Crippen LogP contribution in [0.4, 0.5) is 0 Å². The molecule has 0 fully saturated rings. The number of benzene rings is 1. The van der Waals surface area contributed by atoms with E-state index in [1.54, 1.807) is 31.2 Å². The molecule has 10 heteroatoms.